The summed E-state index contributed by atoms with van der Waals surface area (Å²) in [5.74, 6) is 5.86. The number of hydrogen-bond acceptors (Lipinski definition) is 5. The van der Waals surface area contributed by atoms with Crippen molar-refractivity contribution in [2.45, 2.75) is 19.4 Å². The van der Waals surface area contributed by atoms with Crippen LogP contribution in [0.4, 0.5) is 4.39 Å². The number of pyridine rings is 1. The van der Waals surface area contributed by atoms with Crippen molar-refractivity contribution in [1.82, 2.24) is 20.1 Å². The summed E-state index contributed by atoms with van der Waals surface area (Å²) in [6.07, 6.45) is 5.92. The molecule has 0 spiro atoms. The molecule has 0 amide bonds. The fourth-order valence-electron chi connectivity index (χ4n) is 3.05. The second-order valence-corrected chi connectivity index (χ2v) is 6.60. The Bertz CT molecular complexity index is 974. The Morgan fingerprint density at radius 3 is 2.70 bits per heavy atom. The van der Waals surface area contributed by atoms with Crippen LogP contribution in [0, 0.1) is 11.7 Å². The first-order valence-electron chi connectivity index (χ1n) is 8.72. The predicted molar refractivity (Wildman–Crippen MR) is 102 cm³/mol. The van der Waals surface area contributed by atoms with E-state index in [0.717, 1.165) is 23.5 Å². The molecule has 2 heterocycles. The molecule has 3 aromatic rings. The van der Waals surface area contributed by atoms with Crippen molar-refractivity contribution in [3.63, 3.8) is 0 Å². The maximum atomic E-state index is 13.4. The second kappa shape index (κ2) is 7.16. The van der Waals surface area contributed by atoms with Crippen molar-refractivity contribution in [3.05, 3.63) is 60.3 Å². The van der Waals surface area contributed by atoms with Crippen LogP contribution in [0.2, 0.25) is 0 Å². The number of nitrogens with one attached hydrogen (secondary N) is 1. The first-order chi connectivity index (χ1) is 13.2. The number of aromatic nitrogens is 3. The van der Waals surface area contributed by atoms with Gasteiger partial charge in [0, 0.05) is 23.9 Å². The van der Waals surface area contributed by atoms with Crippen molar-refractivity contribution in [1.29, 1.82) is 0 Å². The number of hydrogen-bond donors (Lipinski definition) is 3. The third-order valence-corrected chi connectivity index (χ3v) is 4.59. The zero-order chi connectivity index (χ0) is 18.8. The zero-order valence-corrected chi connectivity index (χ0v) is 14.6. The lowest BCUT2D eigenvalue weighted by molar-refractivity contribution is 0.625. The molecule has 0 atom stereocenters. The van der Waals surface area contributed by atoms with Gasteiger partial charge in [0.15, 0.2) is 5.84 Å². The third kappa shape index (κ3) is 3.65. The van der Waals surface area contributed by atoms with Crippen LogP contribution in [0.15, 0.2) is 54.0 Å². The van der Waals surface area contributed by atoms with E-state index < -0.39 is 0 Å². The number of imidazole rings is 1. The quantitative estimate of drug-likeness (QED) is 0.269. The lowest BCUT2D eigenvalue weighted by Gasteiger charge is -2.10. The number of hydrazone groups is 1. The smallest absolute Gasteiger partial charge is 0.152 e. The minimum absolute atomic E-state index is 0.252. The minimum Gasteiger partial charge on any atom is -0.382 e. The maximum Gasteiger partial charge on any atom is 0.152 e. The monoisotopic (exact) mass is 365 g/mol. The molecule has 1 aliphatic rings. The number of benzene rings is 1. The van der Waals surface area contributed by atoms with E-state index in [-0.39, 0.29) is 11.7 Å². The molecular weight excluding hydrogens is 345 g/mol. The van der Waals surface area contributed by atoms with E-state index in [1.807, 2.05) is 12.4 Å². The standard InChI is InChI=1S/C19H20FN7/c20-15-5-3-13(4-6-15)18-17(24-11-27(18)10-12-1-2-12)16-9-14(7-8-23-16)19(21)25-26-22/h3-9,11-12,26H,1-2,10,22H2,(H2,21,25). The molecule has 0 bridgehead atoms. The fourth-order valence-corrected chi connectivity index (χ4v) is 3.05. The molecule has 2 aromatic heterocycles. The molecule has 0 saturated heterocycles. The number of amidine groups is 1. The molecule has 0 radical (unpaired) electrons. The van der Waals surface area contributed by atoms with E-state index >= 15 is 0 Å². The van der Waals surface area contributed by atoms with Crippen molar-refractivity contribution < 1.29 is 4.39 Å². The molecule has 138 valence electrons. The summed E-state index contributed by atoms with van der Waals surface area (Å²) >= 11 is 0. The lowest BCUT2D eigenvalue weighted by Crippen LogP contribution is -2.23. The highest BCUT2D eigenvalue weighted by molar-refractivity contribution is 5.98. The van der Waals surface area contributed by atoms with Crippen LogP contribution in [0.5, 0.6) is 0 Å². The average molecular weight is 365 g/mol. The van der Waals surface area contributed by atoms with Gasteiger partial charge in [0.25, 0.3) is 0 Å². The second-order valence-electron chi connectivity index (χ2n) is 6.60. The largest absolute Gasteiger partial charge is 0.382 e. The molecule has 5 N–H and O–H groups in total. The summed E-state index contributed by atoms with van der Waals surface area (Å²) in [5, 5.41) is 3.80. The normalized spacial score (nSPS) is 14.4. The third-order valence-electron chi connectivity index (χ3n) is 4.59. The summed E-state index contributed by atoms with van der Waals surface area (Å²) in [6, 6.07) is 9.99. The number of halogens is 1. The van der Waals surface area contributed by atoms with Gasteiger partial charge in [-0.15, -0.1) is 5.10 Å². The van der Waals surface area contributed by atoms with Crippen LogP contribution >= 0.6 is 0 Å². The van der Waals surface area contributed by atoms with Gasteiger partial charge in [-0.05, 0) is 55.2 Å². The Labute approximate surface area is 155 Å². The zero-order valence-electron chi connectivity index (χ0n) is 14.6. The van der Waals surface area contributed by atoms with E-state index in [1.54, 1.807) is 24.4 Å². The van der Waals surface area contributed by atoms with Gasteiger partial charge < -0.3 is 10.3 Å². The molecule has 4 rings (SSSR count). The van der Waals surface area contributed by atoms with E-state index in [0.29, 0.717) is 17.2 Å². The topological polar surface area (TPSA) is 107 Å². The Morgan fingerprint density at radius 2 is 2.00 bits per heavy atom. The highest BCUT2D eigenvalue weighted by Crippen LogP contribution is 2.35. The predicted octanol–water partition coefficient (Wildman–Crippen LogP) is 2.24. The lowest BCUT2D eigenvalue weighted by atomic mass is 10.1. The fraction of sp³-hybridized carbons (Fsp3) is 0.211. The Balaban J connectivity index is 1.81. The summed E-state index contributed by atoms with van der Waals surface area (Å²) in [4.78, 5) is 9.05. The van der Waals surface area contributed by atoms with Crippen LogP contribution in [-0.4, -0.2) is 20.4 Å². The van der Waals surface area contributed by atoms with Crippen LogP contribution in [-0.2, 0) is 6.54 Å². The van der Waals surface area contributed by atoms with Crippen molar-refractivity contribution in [2.24, 2.45) is 22.6 Å². The molecule has 1 aromatic carbocycles. The van der Waals surface area contributed by atoms with E-state index in [9.17, 15) is 4.39 Å². The molecule has 1 fully saturated rings. The number of hydrazine groups is 1. The molecule has 0 unspecified atom stereocenters. The molecule has 1 aliphatic carbocycles. The summed E-state index contributed by atoms with van der Waals surface area (Å²) in [6.45, 7) is 0.889. The first-order valence-corrected chi connectivity index (χ1v) is 8.72. The number of rotatable bonds is 6. The summed E-state index contributed by atoms with van der Waals surface area (Å²) < 4.78 is 15.5. The molecular formula is C19H20FN7. The number of nitrogens with zero attached hydrogens (tertiary/aromatic N) is 4. The Morgan fingerprint density at radius 1 is 1.22 bits per heavy atom. The van der Waals surface area contributed by atoms with Crippen LogP contribution < -0.4 is 17.1 Å². The first kappa shape index (κ1) is 17.2. The van der Waals surface area contributed by atoms with Gasteiger partial charge in [-0.2, -0.15) is 0 Å². The van der Waals surface area contributed by atoms with Crippen molar-refractivity contribution >= 4 is 5.84 Å². The van der Waals surface area contributed by atoms with Gasteiger partial charge in [0.1, 0.15) is 11.5 Å². The maximum absolute atomic E-state index is 13.4. The Kier molecular flexibility index (Phi) is 4.55. The van der Waals surface area contributed by atoms with Gasteiger partial charge in [0.2, 0.25) is 0 Å². The van der Waals surface area contributed by atoms with Crippen LogP contribution in [0.1, 0.15) is 18.4 Å². The number of nitrogens with two attached hydrogens (primary N) is 2. The van der Waals surface area contributed by atoms with E-state index in [2.05, 4.69) is 25.2 Å². The molecule has 8 heteroatoms. The SMILES string of the molecule is NN/N=C(\N)c1ccnc(-c2ncn(CC3CC3)c2-c2ccc(F)cc2)c1. The van der Waals surface area contributed by atoms with Gasteiger partial charge in [-0.1, -0.05) is 0 Å². The molecule has 7 nitrogen and oxygen atoms in total. The van der Waals surface area contributed by atoms with Gasteiger partial charge >= 0.3 is 0 Å². The van der Waals surface area contributed by atoms with Crippen molar-refractivity contribution in [2.75, 3.05) is 0 Å². The molecule has 1 saturated carbocycles. The van der Waals surface area contributed by atoms with Gasteiger partial charge in [0.05, 0.1) is 17.7 Å². The molecule has 0 aliphatic heterocycles. The van der Waals surface area contributed by atoms with E-state index in [4.69, 9.17) is 11.6 Å². The Hall–Kier alpha value is -3.26. The van der Waals surface area contributed by atoms with Gasteiger partial charge in [-0.3, -0.25) is 4.98 Å². The minimum atomic E-state index is -0.271. The highest BCUT2D eigenvalue weighted by Gasteiger charge is 2.25. The summed E-state index contributed by atoms with van der Waals surface area (Å²) in [7, 11) is 0. The van der Waals surface area contributed by atoms with Crippen molar-refractivity contribution in [3.8, 4) is 22.6 Å². The molecule has 27 heavy (non-hydrogen) atoms. The average Bonchev–Trinajstić information content (AvgIpc) is 3.40. The van der Waals surface area contributed by atoms with Crippen LogP contribution in [0.3, 0.4) is 0 Å². The van der Waals surface area contributed by atoms with E-state index in [1.165, 1.54) is 25.0 Å². The highest BCUT2D eigenvalue weighted by atomic mass is 19.1. The van der Waals surface area contributed by atoms with Gasteiger partial charge in [-0.25, -0.2) is 20.8 Å². The summed E-state index contributed by atoms with van der Waals surface area (Å²) in [5.41, 5.74) is 12.0. The van der Waals surface area contributed by atoms with Crippen LogP contribution in [0.25, 0.3) is 22.6 Å².